The number of hydrogen-bond acceptors (Lipinski definition) is 3. The number of hydrogen-bond donors (Lipinski definition) is 3. The highest BCUT2D eigenvalue weighted by molar-refractivity contribution is 7.87. The summed E-state index contributed by atoms with van der Waals surface area (Å²) >= 11 is 0. The molecule has 0 amide bonds. The summed E-state index contributed by atoms with van der Waals surface area (Å²) in [4.78, 5) is 11.0. The van der Waals surface area contributed by atoms with Crippen LogP contribution in [0.15, 0.2) is 0 Å². The van der Waals surface area contributed by atoms with Crippen LogP contribution in [0.3, 0.4) is 0 Å². The molecule has 0 spiro atoms. The van der Waals surface area contributed by atoms with Gasteiger partial charge in [-0.15, -0.1) is 0 Å². The molecule has 0 heterocycles. The van der Waals surface area contributed by atoms with Crippen molar-refractivity contribution in [3.8, 4) is 0 Å². The van der Waals surface area contributed by atoms with Crippen molar-refractivity contribution in [1.29, 1.82) is 0 Å². The minimum Gasteiger partial charge on any atom is -0.481 e. The van der Waals surface area contributed by atoms with Crippen molar-refractivity contribution in [3.05, 3.63) is 0 Å². The average molecular weight is 292 g/mol. The topological polar surface area (TPSA) is 95.5 Å². The van der Waals surface area contributed by atoms with Crippen molar-refractivity contribution in [2.24, 2.45) is 5.41 Å². The Bertz CT molecular complexity index is 400. The highest BCUT2D eigenvalue weighted by atomic mass is 32.2. The zero-order valence-corrected chi connectivity index (χ0v) is 12.4. The number of carbonyl (C=O) groups is 1. The monoisotopic (exact) mass is 292 g/mol. The molecule has 0 aromatic rings. The molecular weight excluding hydrogens is 268 g/mol. The van der Waals surface area contributed by atoms with Crippen LogP contribution in [-0.2, 0) is 15.0 Å². The number of nitrogens with one attached hydrogen (secondary N) is 2. The molecule has 0 unspecified atom stereocenters. The zero-order valence-electron chi connectivity index (χ0n) is 11.6. The fourth-order valence-corrected chi connectivity index (χ4v) is 3.84. The maximum absolute atomic E-state index is 11.7. The lowest BCUT2D eigenvalue weighted by Gasteiger charge is -2.36. The van der Waals surface area contributed by atoms with Gasteiger partial charge in [0, 0.05) is 12.6 Å². The first-order chi connectivity index (χ1) is 8.75. The molecule has 0 atom stereocenters. The van der Waals surface area contributed by atoms with Gasteiger partial charge in [-0.1, -0.05) is 19.3 Å². The molecule has 0 aliphatic heterocycles. The van der Waals surface area contributed by atoms with Gasteiger partial charge < -0.3 is 5.11 Å². The summed E-state index contributed by atoms with van der Waals surface area (Å²) < 4.78 is 28.4. The van der Waals surface area contributed by atoms with Gasteiger partial charge in [-0.2, -0.15) is 13.1 Å². The lowest BCUT2D eigenvalue weighted by Crippen LogP contribution is -2.46. The lowest BCUT2D eigenvalue weighted by atomic mass is 9.72. The van der Waals surface area contributed by atoms with E-state index in [0.29, 0.717) is 0 Å². The molecule has 6 nitrogen and oxygen atoms in total. The highest BCUT2D eigenvalue weighted by Crippen LogP contribution is 2.38. The van der Waals surface area contributed by atoms with E-state index in [0.717, 1.165) is 32.1 Å². The third-order valence-electron chi connectivity index (χ3n) is 3.47. The maximum atomic E-state index is 11.7. The molecule has 1 aliphatic rings. The average Bonchev–Trinajstić information content (AvgIpc) is 2.25. The van der Waals surface area contributed by atoms with Crippen LogP contribution in [-0.4, -0.2) is 32.1 Å². The van der Waals surface area contributed by atoms with E-state index in [9.17, 15) is 13.2 Å². The molecule has 3 N–H and O–H groups in total. The molecular formula is C12H24N2O4S. The third kappa shape index (κ3) is 5.88. The van der Waals surface area contributed by atoms with Crippen molar-refractivity contribution in [3.63, 3.8) is 0 Å². The summed E-state index contributed by atoms with van der Waals surface area (Å²) in [6.45, 7) is 3.68. The van der Waals surface area contributed by atoms with E-state index in [4.69, 9.17) is 5.11 Å². The van der Waals surface area contributed by atoms with E-state index in [1.54, 1.807) is 13.8 Å². The van der Waals surface area contributed by atoms with Gasteiger partial charge >= 0.3 is 5.97 Å². The van der Waals surface area contributed by atoms with E-state index in [1.807, 2.05) is 0 Å². The van der Waals surface area contributed by atoms with Gasteiger partial charge in [-0.3, -0.25) is 4.79 Å². The van der Waals surface area contributed by atoms with Gasteiger partial charge in [-0.05, 0) is 32.1 Å². The molecule has 0 aromatic heterocycles. The minimum atomic E-state index is -3.55. The first kappa shape index (κ1) is 16.4. The maximum Gasteiger partial charge on any atom is 0.303 e. The van der Waals surface area contributed by atoms with Gasteiger partial charge in [0.05, 0.1) is 6.42 Å². The Morgan fingerprint density at radius 1 is 1.26 bits per heavy atom. The number of aliphatic carboxylic acids is 1. The Morgan fingerprint density at radius 2 is 1.84 bits per heavy atom. The van der Waals surface area contributed by atoms with Crippen molar-refractivity contribution < 1.29 is 18.3 Å². The van der Waals surface area contributed by atoms with Crippen LogP contribution in [0.1, 0.15) is 52.4 Å². The number of rotatable bonds is 7. The van der Waals surface area contributed by atoms with Gasteiger partial charge in [0.25, 0.3) is 10.2 Å². The smallest absolute Gasteiger partial charge is 0.303 e. The Labute approximate surface area is 115 Å². The molecule has 1 aliphatic carbocycles. The van der Waals surface area contributed by atoms with Gasteiger partial charge in [0.15, 0.2) is 0 Å². The van der Waals surface area contributed by atoms with Gasteiger partial charge in [0.1, 0.15) is 0 Å². The normalized spacial score (nSPS) is 19.5. The van der Waals surface area contributed by atoms with Crippen molar-refractivity contribution in [2.75, 3.05) is 6.54 Å². The van der Waals surface area contributed by atoms with Crippen LogP contribution in [0.4, 0.5) is 0 Å². The van der Waals surface area contributed by atoms with Crippen molar-refractivity contribution in [1.82, 2.24) is 9.44 Å². The lowest BCUT2D eigenvalue weighted by molar-refractivity contribution is -0.140. The van der Waals surface area contributed by atoms with Gasteiger partial charge in [-0.25, -0.2) is 4.72 Å². The van der Waals surface area contributed by atoms with Crippen LogP contribution >= 0.6 is 0 Å². The van der Waals surface area contributed by atoms with Crippen LogP contribution in [0, 0.1) is 5.41 Å². The second-order valence-electron chi connectivity index (χ2n) is 5.73. The second-order valence-corrected chi connectivity index (χ2v) is 7.26. The SMILES string of the molecule is CC(C)NS(=O)(=O)NCC1(CC(=O)O)CCCCC1. The zero-order chi connectivity index (χ0) is 14.5. The molecule has 1 saturated carbocycles. The van der Waals surface area contributed by atoms with Crippen LogP contribution in [0.25, 0.3) is 0 Å². The standard InChI is InChI=1S/C12H24N2O4S/c1-10(2)14-19(17,18)13-9-12(8-11(15)16)6-4-3-5-7-12/h10,13-14H,3-9H2,1-2H3,(H,15,16). The molecule has 0 aromatic carbocycles. The molecule has 0 radical (unpaired) electrons. The predicted molar refractivity (Wildman–Crippen MR) is 73.0 cm³/mol. The van der Waals surface area contributed by atoms with E-state index >= 15 is 0 Å². The second kappa shape index (κ2) is 6.67. The summed E-state index contributed by atoms with van der Waals surface area (Å²) in [6.07, 6.45) is 4.59. The molecule has 0 saturated heterocycles. The summed E-state index contributed by atoms with van der Waals surface area (Å²) in [6, 6.07) is -0.181. The van der Waals surface area contributed by atoms with Crippen molar-refractivity contribution >= 4 is 16.2 Å². The Morgan fingerprint density at radius 3 is 2.32 bits per heavy atom. The van der Waals surface area contributed by atoms with E-state index in [1.165, 1.54) is 0 Å². The van der Waals surface area contributed by atoms with E-state index in [-0.39, 0.29) is 19.0 Å². The summed E-state index contributed by atoms with van der Waals surface area (Å²) in [5.74, 6) is -0.863. The molecule has 19 heavy (non-hydrogen) atoms. The fraction of sp³-hybridized carbons (Fsp3) is 0.917. The first-order valence-corrected chi connectivity index (χ1v) is 8.22. The highest BCUT2D eigenvalue weighted by Gasteiger charge is 2.35. The molecule has 112 valence electrons. The largest absolute Gasteiger partial charge is 0.481 e. The van der Waals surface area contributed by atoms with E-state index in [2.05, 4.69) is 9.44 Å². The molecule has 1 fully saturated rings. The fourth-order valence-electron chi connectivity index (χ4n) is 2.64. The molecule has 7 heteroatoms. The Hall–Kier alpha value is -0.660. The summed E-state index contributed by atoms with van der Waals surface area (Å²) in [5, 5.41) is 9.01. The minimum absolute atomic E-state index is 0.0250. The first-order valence-electron chi connectivity index (χ1n) is 6.73. The Balaban J connectivity index is 2.65. The van der Waals surface area contributed by atoms with Crippen LogP contribution < -0.4 is 9.44 Å². The third-order valence-corrected chi connectivity index (χ3v) is 4.77. The van der Waals surface area contributed by atoms with Crippen molar-refractivity contribution in [2.45, 2.75) is 58.4 Å². The Kier molecular flexibility index (Phi) is 5.76. The number of carboxylic acids is 1. The van der Waals surface area contributed by atoms with E-state index < -0.39 is 21.6 Å². The molecule has 1 rings (SSSR count). The number of carboxylic acid groups (broad SMARTS) is 1. The summed E-state index contributed by atoms with van der Waals surface area (Å²) in [5.41, 5.74) is -0.435. The summed E-state index contributed by atoms with van der Waals surface area (Å²) in [7, 11) is -3.55. The van der Waals surface area contributed by atoms with Gasteiger partial charge in [0.2, 0.25) is 0 Å². The quantitative estimate of drug-likeness (QED) is 0.658. The van der Waals surface area contributed by atoms with Crippen LogP contribution in [0.5, 0.6) is 0 Å². The predicted octanol–water partition coefficient (Wildman–Crippen LogP) is 1.24. The van der Waals surface area contributed by atoms with Crippen LogP contribution in [0.2, 0.25) is 0 Å². The molecule has 0 bridgehead atoms.